The Morgan fingerprint density at radius 2 is 2.00 bits per heavy atom. The summed E-state index contributed by atoms with van der Waals surface area (Å²) in [4.78, 5) is 17.6. The molecular formula is C23H21N5O2S. The predicted molar refractivity (Wildman–Crippen MR) is 124 cm³/mol. The molecule has 0 amide bonds. The molecule has 5 aromatic rings. The van der Waals surface area contributed by atoms with E-state index in [0.29, 0.717) is 23.9 Å². The second-order valence-corrected chi connectivity index (χ2v) is 8.05. The minimum absolute atomic E-state index is 0.539. The van der Waals surface area contributed by atoms with Gasteiger partial charge < -0.3 is 19.8 Å². The molecule has 0 bridgehead atoms. The zero-order chi connectivity index (χ0) is 21.2. The summed E-state index contributed by atoms with van der Waals surface area (Å²) in [6.07, 6.45) is 4.28. The highest BCUT2D eigenvalue weighted by Crippen LogP contribution is 2.35. The molecule has 0 spiro atoms. The van der Waals surface area contributed by atoms with Gasteiger partial charge in [-0.25, -0.2) is 15.0 Å². The van der Waals surface area contributed by atoms with E-state index in [-0.39, 0.29) is 0 Å². The summed E-state index contributed by atoms with van der Waals surface area (Å²) in [6.45, 7) is 2.55. The topological polar surface area (TPSA) is 85.0 Å². The number of H-pyrrole nitrogens is 1. The van der Waals surface area contributed by atoms with Crippen LogP contribution >= 0.6 is 11.3 Å². The monoisotopic (exact) mass is 431 g/mol. The third kappa shape index (κ3) is 3.89. The third-order valence-corrected chi connectivity index (χ3v) is 6.16. The Morgan fingerprint density at radius 3 is 2.84 bits per heavy atom. The third-order valence-electron chi connectivity index (χ3n) is 5.17. The highest BCUT2D eigenvalue weighted by molar-refractivity contribution is 7.09. The fraction of sp³-hybridized carbons (Fsp3) is 0.174. The van der Waals surface area contributed by atoms with Gasteiger partial charge >= 0.3 is 0 Å². The fourth-order valence-corrected chi connectivity index (χ4v) is 4.28. The van der Waals surface area contributed by atoms with Crippen molar-refractivity contribution in [1.29, 1.82) is 0 Å². The van der Waals surface area contributed by atoms with Crippen LogP contribution in [0, 0.1) is 6.92 Å². The molecule has 3 aromatic heterocycles. The number of ether oxygens (including phenoxy) is 2. The average Bonchev–Trinajstić information content (AvgIpc) is 3.42. The number of nitrogens with one attached hydrogen (secondary N) is 2. The number of thiazole rings is 1. The maximum atomic E-state index is 6.03. The molecule has 0 aliphatic heterocycles. The van der Waals surface area contributed by atoms with E-state index in [1.54, 1.807) is 24.8 Å². The van der Waals surface area contributed by atoms with Crippen molar-refractivity contribution in [3.05, 3.63) is 65.0 Å². The molecule has 156 valence electrons. The summed E-state index contributed by atoms with van der Waals surface area (Å²) in [6, 6.07) is 12.0. The lowest BCUT2D eigenvalue weighted by Gasteiger charge is -2.14. The Morgan fingerprint density at radius 1 is 1.06 bits per heavy atom. The molecule has 0 saturated carbocycles. The van der Waals surface area contributed by atoms with Crippen LogP contribution in [0.2, 0.25) is 0 Å². The first kappa shape index (κ1) is 19.3. The fourth-order valence-electron chi connectivity index (χ4n) is 3.52. The number of nitrogens with zero attached hydrogens (tertiary/aromatic N) is 3. The van der Waals surface area contributed by atoms with E-state index in [1.165, 1.54) is 4.88 Å². The van der Waals surface area contributed by atoms with Crippen LogP contribution in [0.5, 0.6) is 11.5 Å². The lowest BCUT2D eigenvalue weighted by molar-refractivity contribution is 0.299. The Bertz CT molecular complexity index is 1360. The maximum absolute atomic E-state index is 6.03. The van der Waals surface area contributed by atoms with Gasteiger partial charge in [0.15, 0.2) is 11.5 Å². The van der Waals surface area contributed by atoms with Crippen molar-refractivity contribution in [2.45, 2.75) is 13.3 Å². The lowest BCUT2D eigenvalue weighted by Crippen LogP contribution is -2.03. The summed E-state index contributed by atoms with van der Waals surface area (Å²) >= 11 is 1.65. The van der Waals surface area contributed by atoms with Gasteiger partial charge in [0.1, 0.15) is 12.1 Å². The molecule has 31 heavy (non-hydrogen) atoms. The number of anilines is 2. The van der Waals surface area contributed by atoms with Gasteiger partial charge in [-0.15, -0.1) is 11.3 Å². The number of aromatic amines is 1. The van der Waals surface area contributed by atoms with E-state index < -0.39 is 0 Å². The first-order valence-electron chi connectivity index (χ1n) is 9.90. The van der Waals surface area contributed by atoms with Gasteiger partial charge in [-0.1, -0.05) is 6.07 Å². The second-order valence-electron chi connectivity index (χ2n) is 7.11. The van der Waals surface area contributed by atoms with Crippen LogP contribution in [0.25, 0.3) is 21.8 Å². The number of hydrogen-bond donors (Lipinski definition) is 2. The van der Waals surface area contributed by atoms with Crippen molar-refractivity contribution in [2.24, 2.45) is 0 Å². The van der Waals surface area contributed by atoms with E-state index in [2.05, 4.69) is 37.4 Å². The Labute approximate surface area is 183 Å². The van der Waals surface area contributed by atoms with Crippen LogP contribution in [0.4, 0.5) is 11.5 Å². The van der Waals surface area contributed by atoms with Crippen LogP contribution in [0.15, 0.2) is 54.4 Å². The lowest BCUT2D eigenvalue weighted by atomic mass is 10.2. The van der Waals surface area contributed by atoms with Gasteiger partial charge in [0.2, 0.25) is 0 Å². The molecule has 5 rings (SSSR count). The van der Waals surface area contributed by atoms with Gasteiger partial charge in [-0.2, -0.15) is 0 Å². The number of benzene rings is 2. The smallest absolute Gasteiger partial charge is 0.163 e. The second kappa shape index (κ2) is 8.23. The van der Waals surface area contributed by atoms with E-state index in [9.17, 15) is 0 Å². The maximum Gasteiger partial charge on any atom is 0.163 e. The number of aryl methyl sites for hydroxylation is 1. The number of aromatic nitrogens is 4. The minimum atomic E-state index is 0.539. The van der Waals surface area contributed by atoms with E-state index in [4.69, 9.17) is 9.47 Å². The molecule has 0 fully saturated rings. The first-order valence-corrected chi connectivity index (χ1v) is 10.8. The quantitative estimate of drug-likeness (QED) is 0.366. The average molecular weight is 432 g/mol. The van der Waals surface area contributed by atoms with Crippen molar-refractivity contribution in [3.8, 4) is 11.5 Å². The van der Waals surface area contributed by atoms with Gasteiger partial charge in [-0.05, 0) is 36.6 Å². The van der Waals surface area contributed by atoms with Gasteiger partial charge in [0.25, 0.3) is 0 Å². The molecule has 0 aliphatic carbocycles. The van der Waals surface area contributed by atoms with Crippen LogP contribution in [-0.2, 0) is 6.42 Å². The Balaban J connectivity index is 1.42. The number of rotatable bonds is 7. The van der Waals surface area contributed by atoms with Crippen molar-refractivity contribution < 1.29 is 9.47 Å². The molecule has 0 atom stereocenters. The largest absolute Gasteiger partial charge is 0.493 e. The zero-order valence-corrected chi connectivity index (χ0v) is 18.0. The summed E-state index contributed by atoms with van der Waals surface area (Å²) in [7, 11) is 1.64. The number of fused-ring (bicyclic) bond motifs is 2. The SMILES string of the molecule is COc1cc2c(Nc3ccc4cc[nH]c4c3)ncnc2cc1OCCc1scnc1C. The predicted octanol–water partition coefficient (Wildman–Crippen LogP) is 5.25. The summed E-state index contributed by atoms with van der Waals surface area (Å²) < 4.78 is 11.6. The molecule has 3 heterocycles. The van der Waals surface area contributed by atoms with Crippen LogP contribution < -0.4 is 14.8 Å². The molecule has 2 N–H and O–H groups in total. The number of hydrogen-bond acceptors (Lipinski definition) is 7. The van der Waals surface area contributed by atoms with Gasteiger partial charge in [0, 0.05) is 40.2 Å². The van der Waals surface area contributed by atoms with Gasteiger partial charge in [-0.3, -0.25) is 0 Å². The van der Waals surface area contributed by atoms with E-state index in [1.807, 2.05) is 42.9 Å². The van der Waals surface area contributed by atoms with E-state index in [0.717, 1.165) is 39.6 Å². The van der Waals surface area contributed by atoms with Crippen LogP contribution in [0.3, 0.4) is 0 Å². The first-order chi connectivity index (χ1) is 15.2. The van der Waals surface area contributed by atoms with Crippen LogP contribution in [0.1, 0.15) is 10.6 Å². The minimum Gasteiger partial charge on any atom is -0.493 e. The van der Waals surface area contributed by atoms with E-state index >= 15 is 0 Å². The highest BCUT2D eigenvalue weighted by atomic mass is 32.1. The zero-order valence-electron chi connectivity index (χ0n) is 17.2. The molecule has 0 radical (unpaired) electrons. The van der Waals surface area contributed by atoms with Crippen molar-refractivity contribution in [2.75, 3.05) is 19.0 Å². The molecule has 0 unspecified atom stereocenters. The summed E-state index contributed by atoms with van der Waals surface area (Å²) in [5, 5.41) is 5.41. The van der Waals surface area contributed by atoms with Gasteiger partial charge in [0.05, 0.1) is 30.4 Å². The Hall–Kier alpha value is -3.65. The molecular weight excluding hydrogens is 410 g/mol. The molecule has 2 aromatic carbocycles. The molecule has 8 heteroatoms. The van der Waals surface area contributed by atoms with Crippen molar-refractivity contribution in [1.82, 2.24) is 19.9 Å². The highest BCUT2D eigenvalue weighted by Gasteiger charge is 2.13. The summed E-state index contributed by atoms with van der Waals surface area (Å²) in [5.74, 6) is 2.02. The normalized spacial score (nSPS) is 11.2. The molecule has 0 saturated heterocycles. The van der Waals surface area contributed by atoms with Crippen molar-refractivity contribution in [3.63, 3.8) is 0 Å². The van der Waals surface area contributed by atoms with Crippen molar-refractivity contribution >= 4 is 44.6 Å². The summed E-state index contributed by atoms with van der Waals surface area (Å²) in [5.41, 5.74) is 5.70. The molecule has 0 aliphatic rings. The Kier molecular flexibility index (Phi) is 5.13. The standard InChI is InChI=1S/C23H21N5O2S/c1-14-22(31-13-27-14)6-8-30-21-11-19-17(10-20(21)29-2)23(26-12-25-19)28-16-4-3-15-5-7-24-18(15)9-16/h3-5,7,9-13,24H,6,8H2,1-2H3,(H,25,26,28). The molecule has 7 nitrogen and oxygen atoms in total. The number of methoxy groups -OCH3 is 1. The van der Waals surface area contributed by atoms with Crippen LogP contribution in [-0.4, -0.2) is 33.7 Å².